The molecule has 2 rings (SSSR count). The van der Waals surface area contributed by atoms with Crippen LogP contribution in [0.4, 0.5) is 0 Å². The zero-order valence-electron chi connectivity index (χ0n) is 15.1. The van der Waals surface area contributed by atoms with E-state index in [0.29, 0.717) is 23.5 Å². The summed E-state index contributed by atoms with van der Waals surface area (Å²) in [4.78, 5) is 35.4. The topological polar surface area (TPSA) is 89.9 Å². The van der Waals surface area contributed by atoms with E-state index in [1.165, 1.54) is 19.1 Å². The van der Waals surface area contributed by atoms with Gasteiger partial charge in [0.1, 0.15) is 18.1 Å². The normalized spacial score (nSPS) is 10.6. The van der Waals surface area contributed by atoms with Crippen molar-refractivity contribution in [3.63, 3.8) is 0 Å². The van der Waals surface area contributed by atoms with Gasteiger partial charge in [-0.3, -0.25) is 9.59 Å². The quantitative estimate of drug-likeness (QED) is 0.436. The van der Waals surface area contributed by atoms with Crippen molar-refractivity contribution in [3.8, 4) is 11.5 Å². The lowest BCUT2D eigenvalue weighted by Crippen LogP contribution is -2.06. The second kappa shape index (κ2) is 9.33. The maximum Gasteiger partial charge on any atom is 0.331 e. The molecule has 0 heterocycles. The number of allylic oxidation sites excluding steroid dienone is 1. The van der Waals surface area contributed by atoms with Crippen LogP contribution in [-0.2, 0) is 16.1 Å². The van der Waals surface area contributed by atoms with Crippen molar-refractivity contribution in [3.05, 3.63) is 71.3 Å². The van der Waals surface area contributed by atoms with Gasteiger partial charge in [0, 0.05) is 17.2 Å². The highest BCUT2D eigenvalue weighted by Crippen LogP contribution is 2.22. The number of phenolic OH excluding ortho intramolecular Hbond substituents is 1. The number of esters is 1. The van der Waals surface area contributed by atoms with E-state index in [0.717, 1.165) is 12.2 Å². The van der Waals surface area contributed by atoms with Gasteiger partial charge in [-0.15, -0.1) is 0 Å². The van der Waals surface area contributed by atoms with Crippen LogP contribution < -0.4 is 4.74 Å². The molecule has 0 spiro atoms. The standard InChI is InChI=1S/C21H20O6/c1-3-26-20-10-8-15(14(2)22)12-16(20)13-27-21(25)11-9-19(24)17-6-4-5-7-18(17)23/h4-12,23H,3,13H2,1-2H3. The molecule has 0 saturated carbocycles. The highest BCUT2D eigenvalue weighted by Gasteiger charge is 2.11. The average Bonchev–Trinajstić information content (AvgIpc) is 2.65. The van der Waals surface area contributed by atoms with E-state index in [2.05, 4.69) is 0 Å². The fourth-order valence-corrected chi connectivity index (χ4v) is 2.32. The molecule has 0 bridgehead atoms. The molecule has 0 amide bonds. The molecule has 2 aromatic carbocycles. The van der Waals surface area contributed by atoms with Crippen molar-refractivity contribution in [2.45, 2.75) is 20.5 Å². The monoisotopic (exact) mass is 368 g/mol. The molecule has 0 radical (unpaired) electrons. The minimum atomic E-state index is -0.727. The molecule has 6 nitrogen and oxygen atoms in total. The van der Waals surface area contributed by atoms with Gasteiger partial charge in [-0.1, -0.05) is 12.1 Å². The second-order valence-electron chi connectivity index (χ2n) is 5.63. The van der Waals surface area contributed by atoms with Gasteiger partial charge in [0.25, 0.3) is 0 Å². The molecule has 0 unspecified atom stereocenters. The summed E-state index contributed by atoms with van der Waals surface area (Å²) in [5.74, 6) is -1.00. The Hall–Kier alpha value is -3.41. The van der Waals surface area contributed by atoms with Gasteiger partial charge >= 0.3 is 5.97 Å². The fourth-order valence-electron chi connectivity index (χ4n) is 2.32. The Morgan fingerprint density at radius 2 is 1.81 bits per heavy atom. The summed E-state index contributed by atoms with van der Waals surface area (Å²) < 4.78 is 10.6. The van der Waals surface area contributed by atoms with Crippen molar-refractivity contribution < 1.29 is 29.0 Å². The maximum absolute atomic E-state index is 12.0. The summed E-state index contributed by atoms with van der Waals surface area (Å²) in [5, 5.41) is 9.64. The van der Waals surface area contributed by atoms with Gasteiger partial charge in [0.05, 0.1) is 12.2 Å². The highest BCUT2D eigenvalue weighted by molar-refractivity contribution is 6.08. The van der Waals surface area contributed by atoms with Gasteiger partial charge in [-0.25, -0.2) is 4.79 Å². The van der Waals surface area contributed by atoms with Crippen LogP contribution in [-0.4, -0.2) is 29.2 Å². The number of ketones is 2. The lowest BCUT2D eigenvalue weighted by molar-refractivity contribution is -0.139. The van der Waals surface area contributed by atoms with Gasteiger partial charge < -0.3 is 14.6 Å². The van der Waals surface area contributed by atoms with Crippen molar-refractivity contribution in [1.29, 1.82) is 0 Å². The molecule has 0 aliphatic rings. The zero-order valence-corrected chi connectivity index (χ0v) is 15.1. The van der Waals surface area contributed by atoms with E-state index in [-0.39, 0.29) is 23.7 Å². The number of ether oxygens (including phenoxy) is 2. The highest BCUT2D eigenvalue weighted by atomic mass is 16.5. The summed E-state index contributed by atoms with van der Waals surface area (Å²) >= 11 is 0. The Balaban J connectivity index is 2.04. The number of para-hydroxylation sites is 1. The Bertz CT molecular complexity index is 882. The number of aromatic hydroxyl groups is 1. The molecule has 1 N–H and O–H groups in total. The number of hydrogen-bond acceptors (Lipinski definition) is 6. The molecular weight excluding hydrogens is 348 g/mol. The fraction of sp³-hybridized carbons (Fsp3) is 0.190. The lowest BCUT2D eigenvalue weighted by atomic mass is 10.1. The predicted molar refractivity (Wildman–Crippen MR) is 99.0 cm³/mol. The molecule has 6 heteroatoms. The Kier molecular flexibility index (Phi) is 6.88. The first-order valence-electron chi connectivity index (χ1n) is 8.36. The molecule has 140 valence electrons. The van der Waals surface area contributed by atoms with E-state index in [9.17, 15) is 19.5 Å². The zero-order chi connectivity index (χ0) is 19.8. The summed E-state index contributed by atoms with van der Waals surface area (Å²) in [7, 11) is 0. The first-order valence-corrected chi connectivity index (χ1v) is 8.36. The smallest absolute Gasteiger partial charge is 0.331 e. The van der Waals surface area contributed by atoms with Crippen molar-refractivity contribution >= 4 is 17.5 Å². The molecule has 0 aliphatic heterocycles. The van der Waals surface area contributed by atoms with Crippen LogP contribution in [0.3, 0.4) is 0 Å². The Morgan fingerprint density at radius 3 is 2.48 bits per heavy atom. The third-order valence-electron chi connectivity index (χ3n) is 3.68. The van der Waals surface area contributed by atoms with Crippen LogP contribution in [0.25, 0.3) is 0 Å². The molecule has 0 aliphatic carbocycles. The third-order valence-corrected chi connectivity index (χ3v) is 3.68. The summed E-state index contributed by atoms with van der Waals surface area (Å²) in [6.07, 6.45) is 2.02. The SMILES string of the molecule is CCOc1ccc(C(C)=O)cc1COC(=O)C=CC(=O)c1ccccc1O. The predicted octanol–water partition coefficient (Wildman–Crippen LogP) is 3.48. The van der Waals surface area contributed by atoms with Crippen LogP contribution in [0.15, 0.2) is 54.6 Å². The second-order valence-corrected chi connectivity index (χ2v) is 5.63. The first kappa shape index (κ1) is 19.9. The van der Waals surface area contributed by atoms with Crippen molar-refractivity contribution in [1.82, 2.24) is 0 Å². The summed E-state index contributed by atoms with van der Waals surface area (Å²) in [6.45, 7) is 3.58. The van der Waals surface area contributed by atoms with E-state index in [4.69, 9.17) is 9.47 Å². The number of hydrogen-bond donors (Lipinski definition) is 1. The molecule has 0 fully saturated rings. The molecule has 2 aromatic rings. The van der Waals surface area contributed by atoms with Gasteiger partial charge in [0.15, 0.2) is 11.6 Å². The number of phenols is 1. The minimum Gasteiger partial charge on any atom is -0.507 e. The molecule has 27 heavy (non-hydrogen) atoms. The summed E-state index contributed by atoms with van der Waals surface area (Å²) in [6, 6.07) is 10.9. The van der Waals surface area contributed by atoms with E-state index >= 15 is 0 Å². The van der Waals surface area contributed by atoms with E-state index < -0.39 is 11.8 Å². The van der Waals surface area contributed by atoms with Gasteiger partial charge in [-0.2, -0.15) is 0 Å². The Labute approximate surface area is 157 Å². The van der Waals surface area contributed by atoms with Crippen molar-refractivity contribution in [2.75, 3.05) is 6.61 Å². The number of benzene rings is 2. The van der Waals surface area contributed by atoms with E-state index in [1.54, 1.807) is 30.3 Å². The maximum atomic E-state index is 12.0. The van der Waals surface area contributed by atoms with Crippen molar-refractivity contribution in [2.24, 2.45) is 0 Å². The minimum absolute atomic E-state index is 0.0920. The number of carbonyl (C=O) groups excluding carboxylic acids is 3. The number of carbonyl (C=O) groups is 3. The van der Waals surface area contributed by atoms with Crippen LogP contribution in [0.2, 0.25) is 0 Å². The Morgan fingerprint density at radius 1 is 1.07 bits per heavy atom. The van der Waals surface area contributed by atoms with Crippen LogP contribution >= 0.6 is 0 Å². The van der Waals surface area contributed by atoms with Crippen LogP contribution in [0.1, 0.15) is 40.1 Å². The molecule has 0 atom stereocenters. The molecular formula is C21H20O6. The average molecular weight is 368 g/mol. The first-order chi connectivity index (χ1) is 12.9. The third kappa shape index (κ3) is 5.54. The number of rotatable bonds is 8. The largest absolute Gasteiger partial charge is 0.507 e. The van der Waals surface area contributed by atoms with Gasteiger partial charge in [-0.05, 0) is 50.3 Å². The van der Waals surface area contributed by atoms with Gasteiger partial charge in [0.2, 0.25) is 0 Å². The van der Waals surface area contributed by atoms with E-state index in [1.807, 2.05) is 6.92 Å². The van der Waals surface area contributed by atoms with Crippen LogP contribution in [0, 0.1) is 0 Å². The summed E-state index contributed by atoms with van der Waals surface area (Å²) in [5.41, 5.74) is 1.13. The lowest BCUT2D eigenvalue weighted by Gasteiger charge is -2.11. The number of Topliss-reactive ketones (excluding diaryl/α,β-unsaturated/α-hetero) is 1. The van der Waals surface area contributed by atoms with Crippen LogP contribution in [0.5, 0.6) is 11.5 Å². The molecule has 0 saturated heterocycles. The molecule has 0 aromatic heterocycles.